The lowest BCUT2D eigenvalue weighted by Crippen LogP contribution is -2.19. The number of aromatic hydroxyl groups is 1. The molecule has 0 fully saturated rings. The van der Waals surface area contributed by atoms with Gasteiger partial charge < -0.3 is 33.8 Å². The summed E-state index contributed by atoms with van der Waals surface area (Å²) in [6.07, 6.45) is 0. The van der Waals surface area contributed by atoms with E-state index in [1.54, 1.807) is 25.3 Å². The van der Waals surface area contributed by atoms with Crippen LogP contribution in [0, 0.1) is 5.41 Å². The predicted molar refractivity (Wildman–Crippen MR) is 146 cm³/mol. The summed E-state index contributed by atoms with van der Waals surface area (Å²) in [5.41, 5.74) is 1.51. The summed E-state index contributed by atoms with van der Waals surface area (Å²) >= 11 is 0. The van der Waals surface area contributed by atoms with E-state index in [0.29, 0.717) is 62.8 Å². The third-order valence-corrected chi connectivity index (χ3v) is 5.54. The largest absolute Gasteiger partial charge is 0.504 e. The summed E-state index contributed by atoms with van der Waals surface area (Å²) in [6, 6.07) is 9.56. The van der Waals surface area contributed by atoms with E-state index in [-0.39, 0.29) is 35.4 Å². The number of phenolic OH excluding ortho intramolecular Hbond substituents is 1. The van der Waals surface area contributed by atoms with Gasteiger partial charge in [-0.25, -0.2) is 4.98 Å². The molecule has 0 saturated heterocycles. The fraction of sp³-hybridized carbons (Fsp3) is 0.464. The van der Waals surface area contributed by atoms with Crippen LogP contribution in [-0.4, -0.2) is 86.7 Å². The number of hydrogen-bond acceptors (Lipinski definition) is 9. The fourth-order valence-electron chi connectivity index (χ4n) is 3.49. The molecule has 0 aliphatic rings. The van der Waals surface area contributed by atoms with E-state index in [0.717, 1.165) is 0 Å². The van der Waals surface area contributed by atoms with E-state index >= 15 is 0 Å². The highest BCUT2D eigenvalue weighted by atomic mass is 16.6. The normalized spacial score (nSPS) is 11.6. The van der Waals surface area contributed by atoms with Crippen LogP contribution in [0.2, 0.25) is 0 Å². The number of nitrogens with one attached hydrogen (secondary N) is 2. The van der Waals surface area contributed by atoms with E-state index in [9.17, 15) is 14.7 Å². The van der Waals surface area contributed by atoms with Crippen molar-refractivity contribution in [2.75, 3.05) is 65.3 Å². The third kappa shape index (κ3) is 9.32. The molecule has 1 amide bonds. The molecule has 3 rings (SSSR count). The molecule has 0 spiro atoms. The summed E-state index contributed by atoms with van der Waals surface area (Å²) in [4.78, 5) is 32.7. The van der Waals surface area contributed by atoms with Crippen molar-refractivity contribution in [2.24, 2.45) is 5.41 Å². The average Bonchev–Trinajstić information content (AvgIpc) is 3.30. The number of amides is 1. The Morgan fingerprint density at radius 3 is 2.10 bits per heavy atom. The van der Waals surface area contributed by atoms with Crippen molar-refractivity contribution in [3.8, 4) is 11.5 Å². The van der Waals surface area contributed by atoms with Crippen LogP contribution >= 0.6 is 0 Å². The van der Waals surface area contributed by atoms with Gasteiger partial charge in [-0.1, -0.05) is 20.8 Å². The molecule has 212 valence electrons. The number of aromatic nitrogens is 2. The minimum atomic E-state index is -0.513. The second kappa shape index (κ2) is 14.6. The Hall–Kier alpha value is -3.51. The Balaban J connectivity index is 1.42. The number of ether oxygens (including phenoxy) is 5. The molecule has 2 aromatic carbocycles. The summed E-state index contributed by atoms with van der Waals surface area (Å²) in [5.74, 6) is -0.162. The maximum atomic E-state index is 12.7. The third-order valence-electron chi connectivity index (χ3n) is 5.54. The lowest BCUT2D eigenvalue weighted by Gasteiger charge is -2.16. The number of carbonyl (C=O) groups excluding carboxylic acids is 2. The molecule has 1 heterocycles. The van der Waals surface area contributed by atoms with E-state index in [1.165, 1.54) is 18.2 Å². The van der Waals surface area contributed by atoms with Crippen molar-refractivity contribution in [2.45, 2.75) is 20.8 Å². The number of nitrogens with zero attached hydrogens (tertiary/aromatic N) is 1. The van der Waals surface area contributed by atoms with Gasteiger partial charge in [-0.05, 0) is 36.4 Å². The van der Waals surface area contributed by atoms with Crippen LogP contribution in [0.15, 0.2) is 36.4 Å². The quantitative estimate of drug-likeness (QED) is 0.182. The van der Waals surface area contributed by atoms with Crippen molar-refractivity contribution in [3.63, 3.8) is 0 Å². The highest BCUT2D eigenvalue weighted by Gasteiger charge is 2.23. The van der Waals surface area contributed by atoms with Gasteiger partial charge >= 0.3 is 0 Å². The number of Topliss-reactive ketones (excluding diaryl/α,β-unsaturated/α-hetero) is 1. The molecule has 11 heteroatoms. The highest BCUT2D eigenvalue weighted by molar-refractivity contribution is 6.05. The van der Waals surface area contributed by atoms with Gasteiger partial charge in [-0.2, -0.15) is 0 Å². The molecular weight excluding hydrogens is 506 g/mol. The maximum Gasteiger partial charge on any atom is 0.258 e. The fourth-order valence-corrected chi connectivity index (χ4v) is 3.49. The van der Waals surface area contributed by atoms with Crippen LogP contribution in [0.1, 0.15) is 41.5 Å². The van der Waals surface area contributed by atoms with Crippen LogP contribution in [0.4, 0.5) is 5.95 Å². The molecule has 0 aliphatic carbocycles. The minimum Gasteiger partial charge on any atom is -0.504 e. The summed E-state index contributed by atoms with van der Waals surface area (Å²) in [6.45, 7) is 9.02. The number of methoxy groups -OCH3 is 1. The number of rotatable bonds is 16. The van der Waals surface area contributed by atoms with Gasteiger partial charge in [0.05, 0.1) is 57.3 Å². The zero-order valence-corrected chi connectivity index (χ0v) is 22.9. The summed E-state index contributed by atoms with van der Waals surface area (Å²) in [5, 5.41) is 13.0. The number of benzene rings is 2. The predicted octanol–water partition coefficient (Wildman–Crippen LogP) is 3.82. The van der Waals surface area contributed by atoms with E-state index in [4.69, 9.17) is 23.7 Å². The molecule has 0 saturated carbocycles. The number of H-pyrrole nitrogens is 1. The number of aromatic amines is 1. The van der Waals surface area contributed by atoms with Gasteiger partial charge in [0.15, 0.2) is 17.3 Å². The topological polar surface area (TPSA) is 141 Å². The monoisotopic (exact) mass is 543 g/mol. The van der Waals surface area contributed by atoms with Gasteiger partial charge in [0.25, 0.3) is 5.91 Å². The first-order valence-corrected chi connectivity index (χ1v) is 12.7. The molecule has 39 heavy (non-hydrogen) atoms. The Kier molecular flexibility index (Phi) is 11.2. The molecule has 0 atom stereocenters. The number of carbonyl (C=O) groups is 2. The SMILES string of the molecule is COCCOCCOCCOCCOc1ccc(C(=O)Nc2nc3cc(C(=O)C(C)(C)C)ccc3[nH]2)cc1O. The van der Waals surface area contributed by atoms with E-state index in [2.05, 4.69) is 15.3 Å². The standard InChI is InChI=1S/C28H37N3O8/c1-28(2,3)25(33)19-5-7-21-22(17-19)30-27(29-21)31-26(34)20-6-8-24(23(32)18-20)39-16-15-38-14-13-37-12-11-36-10-9-35-4/h5-8,17-18,32H,9-16H2,1-4H3,(H2,29,30,31,34). The zero-order valence-electron chi connectivity index (χ0n) is 22.9. The van der Waals surface area contributed by atoms with Crippen LogP contribution < -0.4 is 10.1 Å². The van der Waals surface area contributed by atoms with Crippen molar-refractivity contribution in [1.29, 1.82) is 0 Å². The van der Waals surface area contributed by atoms with Gasteiger partial charge in [0.2, 0.25) is 5.95 Å². The molecule has 0 bridgehead atoms. The van der Waals surface area contributed by atoms with Crippen LogP contribution in [0.3, 0.4) is 0 Å². The first kappa shape index (κ1) is 30.0. The smallest absolute Gasteiger partial charge is 0.258 e. The van der Waals surface area contributed by atoms with Gasteiger partial charge in [0.1, 0.15) is 6.61 Å². The van der Waals surface area contributed by atoms with Gasteiger partial charge in [-0.15, -0.1) is 0 Å². The summed E-state index contributed by atoms with van der Waals surface area (Å²) in [7, 11) is 1.62. The Bertz CT molecular complexity index is 1240. The second-order valence-corrected chi connectivity index (χ2v) is 9.71. The number of hydrogen-bond donors (Lipinski definition) is 3. The Labute approximate surface area is 227 Å². The van der Waals surface area contributed by atoms with E-state index in [1.807, 2.05) is 20.8 Å². The number of anilines is 1. The molecule has 0 unspecified atom stereocenters. The lowest BCUT2D eigenvalue weighted by molar-refractivity contribution is 0.0000850. The highest BCUT2D eigenvalue weighted by Crippen LogP contribution is 2.27. The van der Waals surface area contributed by atoms with Crippen LogP contribution in [0.25, 0.3) is 11.0 Å². The van der Waals surface area contributed by atoms with E-state index < -0.39 is 11.3 Å². The van der Waals surface area contributed by atoms with Crippen molar-refractivity contribution < 1.29 is 38.4 Å². The molecule has 0 radical (unpaired) electrons. The van der Waals surface area contributed by atoms with Gasteiger partial charge in [-0.3, -0.25) is 14.9 Å². The van der Waals surface area contributed by atoms with Crippen LogP contribution in [-0.2, 0) is 18.9 Å². The Morgan fingerprint density at radius 2 is 1.49 bits per heavy atom. The van der Waals surface area contributed by atoms with Crippen molar-refractivity contribution in [1.82, 2.24) is 9.97 Å². The molecule has 3 N–H and O–H groups in total. The molecular formula is C28H37N3O8. The number of ketones is 1. The first-order chi connectivity index (χ1) is 18.7. The van der Waals surface area contributed by atoms with Crippen molar-refractivity contribution in [3.05, 3.63) is 47.5 Å². The lowest BCUT2D eigenvalue weighted by atomic mass is 9.86. The average molecular weight is 544 g/mol. The second-order valence-electron chi connectivity index (χ2n) is 9.71. The molecule has 11 nitrogen and oxygen atoms in total. The summed E-state index contributed by atoms with van der Waals surface area (Å²) < 4.78 is 26.6. The number of phenols is 1. The molecule has 0 aliphatic heterocycles. The number of fused-ring (bicyclic) bond motifs is 1. The molecule has 3 aromatic rings. The molecule has 1 aromatic heterocycles. The first-order valence-electron chi connectivity index (χ1n) is 12.7. The minimum absolute atomic E-state index is 0.00641. The zero-order chi connectivity index (χ0) is 28.3. The van der Waals surface area contributed by atoms with Crippen molar-refractivity contribution >= 4 is 28.7 Å². The van der Waals surface area contributed by atoms with Crippen LogP contribution in [0.5, 0.6) is 11.5 Å². The number of imidazole rings is 1. The Morgan fingerprint density at radius 1 is 0.872 bits per heavy atom. The maximum absolute atomic E-state index is 12.7. The van der Waals surface area contributed by atoms with Gasteiger partial charge in [0, 0.05) is 23.7 Å².